The zero-order chi connectivity index (χ0) is 15.9. The van der Waals surface area contributed by atoms with Crippen LogP contribution < -0.4 is 5.32 Å². The Labute approximate surface area is 129 Å². The lowest BCUT2D eigenvalue weighted by Crippen LogP contribution is -2.43. The van der Waals surface area contributed by atoms with Crippen LogP contribution in [0, 0.1) is 11.6 Å². The molecule has 0 heterocycles. The van der Waals surface area contributed by atoms with Crippen molar-refractivity contribution in [2.24, 2.45) is 0 Å². The number of aliphatic hydroxyl groups excluding tert-OH is 1. The number of carbonyl (C=O) groups excluding carboxylic acids is 1. The quantitative estimate of drug-likeness (QED) is 0.849. The summed E-state index contributed by atoms with van der Waals surface area (Å²) in [6, 6.07) is 3.22. The molecule has 122 valence electrons. The molecule has 0 radical (unpaired) electrons. The van der Waals surface area contributed by atoms with Crippen LogP contribution in [0.1, 0.15) is 32.1 Å². The summed E-state index contributed by atoms with van der Waals surface area (Å²) in [5.74, 6) is -1.67. The third kappa shape index (κ3) is 4.74. The fraction of sp³-hybridized carbons (Fsp3) is 0.562. The van der Waals surface area contributed by atoms with Gasteiger partial charge in [-0.05, 0) is 25.0 Å². The highest BCUT2D eigenvalue weighted by atomic mass is 19.1. The van der Waals surface area contributed by atoms with E-state index in [4.69, 9.17) is 5.11 Å². The van der Waals surface area contributed by atoms with Crippen LogP contribution in [0.3, 0.4) is 0 Å². The maximum atomic E-state index is 13.5. The molecule has 0 aliphatic heterocycles. The summed E-state index contributed by atoms with van der Waals surface area (Å²) in [4.78, 5) is 14.0. The number of anilines is 1. The van der Waals surface area contributed by atoms with Crippen molar-refractivity contribution >= 4 is 11.6 Å². The van der Waals surface area contributed by atoms with E-state index < -0.39 is 17.5 Å². The van der Waals surface area contributed by atoms with Gasteiger partial charge in [0.15, 0.2) is 0 Å². The Morgan fingerprint density at radius 1 is 1.27 bits per heavy atom. The van der Waals surface area contributed by atoms with E-state index in [0.717, 1.165) is 43.9 Å². The topological polar surface area (TPSA) is 52.6 Å². The molecule has 1 aromatic rings. The number of carbonyl (C=O) groups is 1. The van der Waals surface area contributed by atoms with Gasteiger partial charge in [-0.2, -0.15) is 0 Å². The molecule has 1 saturated carbocycles. The van der Waals surface area contributed by atoms with Crippen molar-refractivity contribution in [2.45, 2.75) is 38.1 Å². The maximum Gasteiger partial charge on any atom is 0.238 e. The number of nitrogens with zero attached hydrogens (tertiary/aromatic N) is 1. The van der Waals surface area contributed by atoms with Gasteiger partial charge in [-0.3, -0.25) is 9.69 Å². The van der Waals surface area contributed by atoms with Gasteiger partial charge < -0.3 is 10.4 Å². The molecular formula is C16H22F2N2O2. The lowest BCUT2D eigenvalue weighted by atomic mass is 9.94. The van der Waals surface area contributed by atoms with Gasteiger partial charge in [0.1, 0.15) is 11.6 Å². The molecule has 0 atom stereocenters. The van der Waals surface area contributed by atoms with Crippen LogP contribution in [0.4, 0.5) is 14.5 Å². The van der Waals surface area contributed by atoms with Crippen molar-refractivity contribution in [1.82, 2.24) is 4.90 Å². The molecule has 1 amide bonds. The molecule has 0 aromatic heterocycles. The van der Waals surface area contributed by atoms with Crippen molar-refractivity contribution in [3.63, 3.8) is 0 Å². The highest BCUT2D eigenvalue weighted by molar-refractivity contribution is 5.92. The zero-order valence-electron chi connectivity index (χ0n) is 12.5. The zero-order valence-corrected chi connectivity index (χ0v) is 12.5. The number of aliphatic hydroxyl groups is 1. The Hall–Kier alpha value is -1.53. The summed E-state index contributed by atoms with van der Waals surface area (Å²) in [7, 11) is 0. The van der Waals surface area contributed by atoms with E-state index in [1.54, 1.807) is 0 Å². The lowest BCUT2D eigenvalue weighted by Gasteiger charge is -2.33. The van der Waals surface area contributed by atoms with Gasteiger partial charge >= 0.3 is 0 Å². The summed E-state index contributed by atoms with van der Waals surface area (Å²) >= 11 is 0. The van der Waals surface area contributed by atoms with Crippen LogP contribution in [0.2, 0.25) is 0 Å². The van der Waals surface area contributed by atoms with Gasteiger partial charge in [-0.15, -0.1) is 0 Å². The molecule has 1 aliphatic rings. The average molecular weight is 312 g/mol. The molecule has 1 aliphatic carbocycles. The Kier molecular flexibility index (Phi) is 6.27. The minimum Gasteiger partial charge on any atom is -0.395 e. The summed E-state index contributed by atoms with van der Waals surface area (Å²) in [6.07, 6.45) is 5.44. The number of hydrogen-bond donors (Lipinski definition) is 2. The van der Waals surface area contributed by atoms with Crippen LogP contribution in [0.5, 0.6) is 0 Å². The first-order valence-corrected chi connectivity index (χ1v) is 7.70. The fourth-order valence-corrected chi connectivity index (χ4v) is 2.93. The normalized spacial score (nSPS) is 16.0. The summed E-state index contributed by atoms with van der Waals surface area (Å²) in [5, 5.41) is 11.6. The highest BCUT2D eigenvalue weighted by Gasteiger charge is 2.23. The number of rotatable bonds is 6. The smallest absolute Gasteiger partial charge is 0.238 e. The second kappa shape index (κ2) is 8.19. The SMILES string of the molecule is O=C(CN(CCO)C1CCCCC1)Nc1cc(F)ccc1F. The summed E-state index contributed by atoms with van der Waals surface area (Å²) in [5.41, 5.74) is -0.155. The standard InChI is InChI=1S/C16H22F2N2O2/c17-12-6-7-14(18)15(10-12)19-16(22)11-20(8-9-21)13-4-2-1-3-5-13/h6-7,10,13,21H,1-5,8-9,11H2,(H,19,22). The van der Waals surface area contributed by atoms with Gasteiger partial charge in [0, 0.05) is 18.7 Å². The number of amides is 1. The second-order valence-electron chi connectivity index (χ2n) is 5.66. The number of hydrogen-bond acceptors (Lipinski definition) is 3. The van der Waals surface area contributed by atoms with Crippen molar-refractivity contribution < 1.29 is 18.7 Å². The van der Waals surface area contributed by atoms with E-state index in [2.05, 4.69) is 5.32 Å². The Balaban J connectivity index is 1.96. The van der Waals surface area contributed by atoms with Gasteiger partial charge in [0.2, 0.25) is 5.91 Å². The first kappa shape index (κ1) is 16.8. The van der Waals surface area contributed by atoms with Crippen molar-refractivity contribution in [2.75, 3.05) is 25.0 Å². The molecule has 4 nitrogen and oxygen atoms in total. The summed E-state index contributed by atoms with van der Waals surface area (Å²) < 4.78 is 26.6. The number of benzene rings is 1. The Morgan fingerprint density at radius 3 is 2.68 bits per heavy atom. The van der Waals surface area contributed by atoms with Crippen LogP contribution in [-0.4, -0.2) is 41.7 Å². The molecule has 22 heavy (non-hydrogen) atoms. The molecule has 0 spiro atoms. The number of halogens is 2. The third-order valence-corrected chi connectivity index (χ3v) is 4.03. The average Bonchev–Trinajstić information content (AvgIpc) is 2.51. The molecule has 0 unspecified atom stereocenters. The van der Waals surface area contributed by atoms with Crippen LogP contribution in [0.25, 0.3) is 0 Å². The van der Waals surface area contributed by atoms with E-state index in [0.29, 0.717) is 6.54 Å². The molecule has 2 rings (SSSR count). The molecular weight excluding hydrogens is 290 g/mol. The van der Waals surface area contributed by atoms with Crippen molar-refractivity contribution in [1.29, 1.82) is 0 Å². The van der Waals surface area contributed by atoms with E-state index >= 15 is 0 Å². The number of nitrogens with one attached hydrogen (secondary N) is 1. The predicted octanol–water partition coefficient (Wildman–Crippen LogP) is 2.53. The first-order valence-electron chi connectivity index (χ1n) is 7.70. The third-order valence-electron chi connectivity index (χ3n) is 4.03. The van der Waals surface area contributed by atoms with E-state index in [9.17, 15) is 13.6 Å². The minimum atomic E-state index is -0.666. The summed E-state index contributed by atoms with van der Waals surface area (Å²) in [6.45, 7) is 0.447. The maximum absolute atomic E-state index is 13.5. The van der Waals surface area contributed by atoms with Crippen LogP contribution in [-0.2, 0) is 4.79 Å². The highest BCUT2D eigenvalue weighted by Crippen LogP contribution is 2.22. The van der Waals surface area contributed by atoms with Gasteiger partial charge in [0.25, 0.3) is 0 Å². The largest absolute Gasteiger partial charge is 0.395 e. The van der Waals surface area contributed by atoms with Crippen LogP contribution >= 0.6 is 0 Å². The molecule has 1 fully saturated rings. The predicted molar refractivity (Wildman–Crippen MR) is 80.5 cm³/mol. The molecule has 0 saturated heterocycles. The molecule has 0 bridgehead atoms. The van der Waals surface area contributed by atoms with Crippen LogP contribution in [0.15, 0.2) is 18.2 Å². The van der Waals surface area contributed by atoms with E-state index in [1.165, 1.54) is 6.42 Å². The first-order chi connectivity index (χ1) is 10.6. The molecule has 2 N–H and O–H groups in total. The second-order valence-corrected chi connectivity index (χ2v) is 5.66. The monoisotopic (exact) mass is 312 g/mol. The Morgan fingerprint density at radius 2 is 2.00 bits per heavy atom. The van der Waals surface area contributed by atoms with Gasteiger partial charge in [0.05, 0.1) is 18.8 Å². The molecule has 1 aromatic carbocycles. The Bertz CT molecular complexity index is 505. The fourth-order valence-electron chi connectivity index (χ4n) is 2.93. The molecule has 6 heteroatoms. The van der Waals surface area contributed by atoms with E-state index in [1.807, 2.05) is 4.90 Å². The van der Waals surface area contributed by atoms with E-state index in [-0.39, 0.29) is 24.9 Å². The minimum absolute atomic E-state index is 0.0297. The lowest BCUT2D eigenvalue weighted by molar-refractivity contribution is -0.118. The van der Waals surface area contributed by atoms with Crippen molar-refractivity contribution in [3.8, 4) is 0 Å². The van der Waals surface area contributed by atoms with Gasteiger partial charge in [-0.1, -0.05) is 19.3 Å². The van der Waals surface area contributed by atoms with Gasteiger partial charge in [-0.25, -0.2) is 8.78 Å². The van der Waals surface area contributed by atoms with Crippen molar-refractivity contribution in [3.05, 3.63) is 29.8 Å².